The van der Waals surface area contributed by atoms with Crippen LogP contribution in [0.1, 0.15) is 45.3 Å². The Morgan fingerprint density at radius 1 is 1.31 bits per heavy atom. The molecule has 1 atom stereocenters. The summed E-state index contributed by atoms with van der Waals surface area (Å²) in [4.78, 5) is 0. The maximum absolute atomic E-state index is 10.1. The fourth-order valence-electron chi connectivity index (χ4n) is 1.50. The van der Waals surface area contributed by atoms with Gasteiger partial charge in [0.15, 0.2) is 0 Å². The van der Waals surface area contributed by atoms with Crippen LogP contribution in [0.2, 0.25) is 5.02 Å². The average Bonchev–Trinajstić information content (AvgIpc) is 2.11. The van der Waals surface area contributed by atoms with Crippen molar-refractivity contribution >= 4 is 27.5 Å². The highest BCUT2D eigenvalue weighted by atomic mass is 79.9. The summed E-state index contributed by atoms with van der Waals surface area (Å²) in [6, 6.07) is 5.56. The predicted molar refractivity (Wildman–Crippen MR) is 72.8 cm³/mol. The molecule has 1 unspecified atom stereocenters. The van der Waals surface area contributed by atoms with Crippen molar-refractivity contribution in [3.8, 4) is 0 Å². The summed E-state index contributed by atoms with van der Waals surface area (Å²) in [5.74, 6) is 0. The number of hydrogen-bond donors (Lipinski definition) is 1. The van der Waals surface area contributed by atoms with Crippen molar-refractivity contribution in [3.05, 3.63) is 33.3 Å². The molecule has 0 amide bonds. The van der Waals surface area contributed by atoms with Gasteiger partial charge in [0.25, 0.3) is 0 Å². The fraction of sp³-hybridized carbons (Fsp3) is 0.538. The summed E-state index contributed by atoms with van der Waals surface area (Å²) in [5.41, 5.74) is 1.13. The van der Waals surface area contributed by atoms with E-state index in [9.17, 15) is 5.11 Å². The van der Waals surface area contributed by atoms with Gasteiger partial charge in [-0.2, -0.15) is 0 Å². The topological polar surface area (TPSA) is 20.2 Å². The smallest absolute Gasteiger partial charge is 0.0791 e. The van der Waals surface area contributed by atoms with Crippen LogP contribution in [0.5, 0.6) is 0 Å². The first kappa shape index (κ1) is 14.0. The van der Waals surface area contributed by atoms with Crippen LogP contribution in [-0.4, -0.2) is 5.11 Å². The Kier molecular flexibility index (Phi) is 4.84. The number of benzene rings is 1. The van der Waals surface area contributed by atoms with Crippen LogP contribution >= 0.6 is 27.5 Å². The van der Waals surface area contributed by atoms with Crippen molar-refractivity contribution in [1.29, 1.82) is 0 Å². The van der Waals surface area contributed by atoms with Gasteiger partial charge in [-0.25, -0.2) is 0 Å². The first-order valence-corrected chi connectivity index (χ1v) is 6.59. The molecule has 3 heteroatoms. The summed E-state index contributed by atoms with van der Waals surface area (Å²) >= 11 is 9.32. The minimum absolute atomic E-state index is 0.247. The van der Waals surface area contributed by atoms with Gasteiger partial charge in [0.1, 0.15) is 0 Å². The van der Waals surface area contributed by atoms with Crippen molar-refractivity contribution in [3.63, 3.8) is 0 Å². The summed E-state index contributed by atoms with van der Waals surface area (Å²) in [7, 11) is 0. The van der Waals surface area contributed by atoms with E-state index in [2.05, 4.69) is 36.7 Å². The lowest BCUT2D eigenvalue weighted by atomic mass is 9.88. The van der Waals surface area contributed by atoms with Crippen LogP contribution in [-0.2, 0) is 0 Å². The molecule has 1 aromatic carbocycles. The molecule has 0 saturated heterocycles. The molecule has 1 aromatic rings. The average molecular weight is 306 g/mol. The van der Waals surface area contributed by atoms with E-state index in [0.29, 0.717) is 5.02 Å². The minimum atomic E-state index is -0.436. The van der Waals surface area contributed by atoms with E-state index in [-0.39, 0.29) is 5.41 Å². The Labute approximate surface area is 111 Å². The molecule has 0 fully saturated rings. The summed E-state index contributed by atoms with van der Waals surface area (Å²) < 4.78 is 0.907. The van der Waals surface area contributed by atoms with Gasteiger partial charge < -0.3 is 5.11 Å². The Hall–Kier alpha value is -0.0500. The second-order valence-corrected chi connectivity index (χ2v) is 6.67. The van der Waals surface area contributed by atoms with E-state index in [0.717, 1.165) is 22.9 Å². The highest BCUT2D eigenvalue weighted by molar-refractivity contribution is 9.10. The molecule has 0 aromatic heterocycles. The van der Waals surface area contributed by atoms with Crippen molar-refractivity contribution in [1.82, 2.24) is 0 Å². The molecular weight excluding hydrogens is 287 g/mol. The maximum atomic E-state index is 10.1. The normalized spacial score (nSPS) is 13.9. The molecule has 1 N–H and O–H groups in total. The van der Waals surface area contributed by atoms with Crippen molar-refractivity contribution in [2.24, 2.45) is 5.41 Å². The maximum Gasteiger partial charge on any atom is 0.0791 e. The van der Waals surface area contributed by atoms with Crippen molar-refractivity contribution < 1.29 is 5.11 Å². The summed E-state index contributed by atoms with van der Waals surface area (Å²) in [5, 5.41) is 10.7. The van der Waals surface area contributed by atoms with Crippen LogP contribution in [0.4, 0.5) is 0 Å². The number of aliphatic hydroxyl groups is 1. The molecule has 1 rings (SSSR count). The third-order valence-corrected chi connectivity index (χ3v) is 3.11. The number of rotatable bonds is 3. The SMILES string of the molecule is CC(C)(C)CCC(O)c1cc(Cl)cc(Br)c1. The Balaban J connectivity index is 2.69. The third-order valence-electron chi connectivity index (χ3n) is 2.44. The van der Waals surface area contributed by atoms with Crippen LogP contribution in [0.3, 0.4) is 0 Å². The van der Waals surface area contributed by atoms with Crippen LogP contribution in [0.25, 0.3) is 0 Å². The fourth-order valence-corrected chi connectivity index (χ4v) is 2.39. The van der Waals surface area contributed by atoms with Crippen molar-refractivity contribution in [2.45, 2.75) is 39.7 Å². The minimum Gasteiger partial charge on any atom is -0.388 e. The first-order chi connectivity index (χ1) is 7.28. The molecule has 1 nitrogen and oxygen atoms in total. The zero-order chi connectivity index (χ0) is 12.3. The first-order valence-electron chi connectivity index (χ1n) is 5.42. The Bertz CT molecular complexity index is 337. The van der Waals surface area contributed by atoms with E-state index in [4.69, 9.17) is 11.6 Å². The highest BCUT2D eigenvalue weighted by Gasteiger charge is 2.15. The predicted octanol–water partition coefficient (Wildman–Crippen LogP) is 4.96. The monoisotopic (exact) mass is 304 g/mol. The lowest BCUT2D eigenvalue weighted by Gasteiger charge is -2.20. The summed E-state index contributed by atoms with van der Waals surface area (Å²) in [6.45, 7) is 6.52. The quantitative estimate of drug-likeness (QED) is 0.836. The van der Waals surface area contributed by atoms with Gasteiger partial charge in [0.05, 0.1) is 6.10 Å². The van der Waals surface area contributed by atoms with Gasteiger partial charge in [-0.15, -0.1) is 0 Å². The standard InChI is InChI=1S/C13H18BrClO/c1-13(2,3)5-4-12(16)9-6-10(14)8-11(15)7-9/h6-8,12,16H,4-5H2,1-3H3. The molecule has 0 spiro atoms. The van der Waals surface area contributed by atoms with Crippen LogP contribution in [0, 0.1) is 5.41 Å². The highest BCUT2D eigenvalue weighted by Crippen LogP contribution is 2.30. The Morgan fingerprint density at radius 2 is 1.94 bits per heavy atom. The van der Waals surface area contributed by atoms with Gasteiger partial charge in [-0.05, 0) is 42.0 Å². The second-order valence-electron chi connectivity index (χ2n) is 5.32. The molecule has 0 bridgehead atoms. The number of halogens is 2. The summed E-state index contributed by atoms with van der Waals surface area (Å²) in [6.07, 6.45) is 1.31. The zero-order valence-corrected chi connectivity index (χ0v) is 12.3. The number of aliphatic hydroxyl groups excluding tert-OH is 1. The van der Waals surface area contributed by atoms with E-state index in [1.54, 1.807) is 0 Å². The van der Waals surface area contributed by atoms with Gasteiger partial charge in [0.2, 0.25) is 0 Å². The van der Waals surface area contributed by atoms with E-state index in [1.165, 1.54) is 0 Å². The van der Waals surface area contributed by atoms with E-state index < -0.39 is 6.10 Å². The number of hydrogen-bond acceptors (Lipinski definition) is 1. The molecular formula is C13H18BrClO. The Morgan fingerprint density at radius 3 is 2.44 bits per heavy atom. The van der Waals surface area contributed by atoms with Crippen LogP contribution in [0.15, 0.2) is 22.7 Å². The van der Waals surface area contributed by atoms with E-state index in [1.807, 2.05) is 18.2 Å². The molecule has 0 aliphatic carbocycles. The zero-order valence-electron chi connectivity index (χ0n) is 9.93. The van der Waals surface area contributed by atoms with Gasteiger partial charge in [0, 0.05) is 9.50 Å². The molecule has 0 aliphatic heterocycles. The molecule has 90 valence electrons. The van der Waals surface area contributed by atoms with E-state index >= 15 is 0 Å². The molecule has 0 heterocycles. The largest absolute Gasteiger partial charge is 0.388 e. The van der Waals surface area contributed by atoms with Gasteiger partial charge in [-0.3, -0.25) is 0 Å². The lowest BCUT2D eigenvalue weighted by molar-refractivity contribution is 0.147. The molecule has 16 heavy (non-hydrogen) atoms. The van der Waals surface area contributed by atoms with Gasteiger partial charge >= 0.3 is 0 Å². The molecule has 0 aliphatic rings. The van der Waals surface area contributed by atoms with Gasteiger partial charge in [-0.1, -0.05) is 48.3 Å². The third kappa shape index (κ3) is 4.86. The second kappa shape index (κ2) is 5.52. The molecule has 0 saturated carbocycles. The van der Waals surface area contributed by atoms with Crippen molar-refractivity contribution in [2.75, 3.05) is 0 Å². The lowest BCUT2D eigenvalue weighted by Crippen LogP contribution is -2.08. The molecule has 0 radical (unpaired) electrons. The van der Waals surface area contributed by atoms with Crippen LogP contribution < -0.4 is 0 Å².